The number of halogens is 1. The van der Waals surface area contributed by atoms with Gasteiger partial charge in [-0.1, -0.05) is 32.9 Å². The summed E-state index contributed by atoms with van der Waals surface area (Å²) in [6, 6.07) is 12.4. The molecule has 0 unspecified atom stereocenters. The summed E-state index contributed by atoms with van der Waals surface area (Å²) in [5.74, 6) is 0.0593. The maximum atomic E-state index is 13.1. The van der Waals surface area contributed by atoms with E-state index in [0.717, 1.165) is 0 Å². The summed E-state index contributed by atoms with van der Waals surface area (Å²) in [6.45, 7) is 5.44. The number of benzene rings is 2. The molecule has 4 nitrogen and oxygen atoms in total. The van der Waals surface area contributed by atoms with Gasteiger partial charge in [-0.25, -0.2) is 9.18 Å². The van der Waals surface area contributed by atoms with Crippen LogP contribution in [0.15, 0.2) is 57.7 Å². The van der Waals surface area contributed by atoms with Crippen molar-refractivity contribution < 1.29 is 18.3 Å². The Kier molecular flexibility index (Phi) is 4.64. The molecule has 0 saturated carbocycles. The van der Waals surface area contributed by atoms with Crippen molar-refractivity contribution in [3.8, 4) is 16.9 Å². The van der Waals surface area contributed by atoms with Crippen LogP contribution < -0.4 is 10.4 Å². The second-order valence-electron chi connectivity index (χ2n) is 7.12. The van der Waals surface area contributed by atoms with Gasteiger partial charge in [0.25, 0.3) is 0 Å². The molecule has 0 aliphatic rings. The van der Waals surface area contributed by atoms with Crippen LogP contribution in [-0.2, 0) is 4.79 Å². The highest BCUT2D eigenvalue weighted by molar-refractivity contribution is 5.85. The minimum Gasteiger partial charge on any atom is -0.486 e. The summed E-state index contributed by atoms with van der Waals surface area (Å²) in [5, 5.41) is 0.707. The maximum Gasteiger partial charge on any atom is 0.344 e. The number of ketones is 1. The molecule has 0 N–H and O–H groups in total. The lowest BCUT2D eigenvalue weighted by Gasteiger charge is -2.16. The second-order valence-corrected chi connectivity index (χ2v) is 7.12. The topological polar surface area (TPSA) is 56.5 Å². The second kappa shape index (κ2) is 6.75. The van der Waals surface area contributed by atoms with E-state index in [1.54, 1.807) is 24.3 Å². The van der Waals surface area contributed by atoms with Crippen LogP contribution in [0.3, 0.4) is 0 Å². The Hall–Kier alpha value is -2.95. The quantitative estimate of drug-likeness (QED) is 0.643. The summed E-state index contributed by atoms with van der Waals surface area (Å²) >= 11 is 0. The number of rotatable bonds is 4. The van der Waals surface area contributed by atoms with E-state index in [2.05, 4.69) is 0 Å². The van der Waals surface area contributed by atoms with E-state index in [1.165, 1.54) is 24.3 Å². The Bertz CT molecular complexity index is 1010. The van der Waals surface area contributed by atoms with Gasteiger partial charge in [-0.3, -0.25) is 4.79 Å². The van der Waals surface area contributed by atoms with Crippen molar-refractivity contribution in [2.24, 2.45) is 5.41 Å². The van der Waals surface area contributed by atoms with E-state index in [0.29, 0.717) is 27.8 Å². The molecule has 0 fully saturated rings. The van der Waals surface area contributed by atoms with Crippen LogP contribution in [-0.4, -0.2) is 12.4 Å². The summed E-state index contributed by atoms with van der Waals surface area (Å²) in [7, 11) is 0. The van der Waals surface area contributed by atoms with Crippen LogP contribution in [0, 0.1) is 11.2 Å². The molecule has 26 heavy (non-hydrogen) atoms. The molecule has 0 amide bonds. The number of carbonyl (C=O) groups excluding carboxylic acids is 1. The summed E-state index contributed by atoms with van der Waals surface area (Å²) in [5.41, 5.74) is 0.300. The number of ether oxygens (including phenoxy) is 1. The van der Waals surface area contributed by atoms with Crippen molar-refractivity contribution in [3.63, 3.8) is 0 Å². The third kappa shape index (κ3) is 3.82. The summed E-state index contributed by atoms with van der Waals surface area (Å²) in [4.78, 5) is 24.2. The molecule has 0 bridgehead atoms. The van der Waals surface area contributed by atoms with Crippen molar-refractivity contribution in [2.45, 2.75) is 20.8 Å². The number of carbonyl (C=O) groups is 1. The van der Waals surface area contributed by atoms with Crippen molar-refractivity contribution >= 4 is 16.8 Å². The molecule has 134 valence electrons. The fraction of sp³-hybridized carbons (Fsp3) is 0.238. The predicted molar refractivity (Wildman–Crippen MR) is 97.8 cm³/mol. The zero-order valence-electron chi connectivity index (χ0n) is 14.8. The van der Waals surface area contributed by atoms with Crippen LogP contribution in [0.2, 0.25) is 0 Å². The van der Waals surface area contributed by atoms with Gasteiger partial charge in [0.15, 0.2) is 5.78 Å². The summed E-state index contributed by atoms with van der Waals surface area (Å²) < 4.78 is 24.0. The highest BCUT2D eigenvalue weighted by Crippen LogP contribution is 2.25. The van der Waals surface area contributed by atoms with Gasteiger partial charge >= 0.3 is 5.63 Å². The maximum absolute atomic E-state index is 13.1. The zero-order valence-corrected chi connectivity index (χ0v) is 14.8. The molecule has 0 atom stereocenters. The minimum absolute atomic E-state index is 0.0225. The van der Waals surface area contributed by atoms with Crippen molar-refractivity contribution in [2.75, 3.05) is 6.61 Å². The van der Waals surface area contributed by atoms with Crippen molar-refractivity contribution in [1.82, 2.24) is 0 Å². The van der Waals surface area contributed by atoms with E-state index in [9.17, 15) is 14.0 Å². The van der Waals surface area contributed by atoms with Gasteiger partial charge in [0, 0.05) is 16.9 Å². The normalized spacial score (nSPS) is 11.5. The third-order valence-corrected chi connectivity index (χ3v) is 4.07. The molecule has 0 radical (unpaired) electrons. The van der Waals surface area contributed by atoms with Crippen LogP contribution in [0.5, 0.6) is 5.75 Å². The van der Waals surface area contributed by atoms with Gasteiger partial charge in [0.1, 0.15) is 23.8 Å². The lowest BCUT2D eigenvalue weighted by molar-refractivity contribution is -0.128. The van der Waals surface area contributed by atoms with Gasteiger partial charge in [0.2, 0.25) is 0 Å². The van der Waals surface area contributed by atoms with E-state index in [1.807, 2.05) is 20.8 Å². The Balaban J connectivity index is 1.90. The molecule has 3 rings (SSSR count). The zero-order chi connectivity index (χ0) is 18.9. The third-order valence-electron chi connectivity index (χ3n) is 4.07. The molecule has 0 aliphatic heterocycles. The predicted octanol–water partition coefficient (Wildman–Crippen LogP) is 4.59. The Morgan fingerprint density at radius 3 is 2.42 bits per heavy atom. The first kappa shape index (κ1) is 17.9. The molecule has 0 aliphatic carbocycles. The van der Waals surface area contributed by atoms with E-state index >= 15 is 0 Å². The molecular formula is C21H19FO4. The molecule has 0 spiro atoms. The van der Waals surface area contributed by atoms with Gasteiger partial charge in [-0.2, -0.15) is 0 Å². The van der Waals surface area contributed by atoms with Crippen LogP contribution in [0.4, 0.5) is 4.39 Å². The average Bonchev–Trinajstić information content (AvgIpc) is 2.59. The lowest BCUT2D eigenvalue weighted by Crippen LogP contribution is -2.26. The molecule has 5 heteroatoms. The largest absolute Gasteiger partial charge is 0.486 e. The molecule has 2 aromatic carbocycles. The fourth-order valence-electron chi connectivity index (χ4n) is 2.38. The smallest absolute Gasteiger partial charge is 0.344 e. The lowest BCUT2D eigenvalue weighted by atomic mass is 9.91. The van der Waals surface area contributed by atoms with Crippen LogP contribution in [0.1, 0.15) is 20.8 Å². The van der Waals surface area contributed by atoms with E-state index < -0.39 is 11.0 Å². The Morgan fingerprint density at radius 1 is 1.08 bits per heavy atom. The van der Waals surface area contributed by atoms with Crippen LogP contribution in [0.25, 0.3) is 22.1 Å². The molecule has 1 aromatic heterocycles. The fourth-order valence-corrected chi connectivity index (χ4v) is 2.38. The van der Waals surface area contributed by atoms with Crippen LogP contribution >= 0.6 is 0 Å². The van der Waals surface area contributed by atoms with Gasteiger partial charge in [-0.05, 0) is 35.9 Å². The van der Waals surface area contributed by atoms with Gasteiger partial charge in [0.05, 0.1) is 5.56 Å². The molecular weight excluding hydrogens is 335 g/mol. The first-order valence-corrected chi connectivity index (χ1v) is 8.24. The van der Waals surface area contributed by atoms with Gasteiger partial charge < -0.3 is 9.15 Å². The SMILES string of the molecule is CC(C)(C)C(=O)COc1ccc2cc(-c3ccc(F)cc3)c(=O)oc2c1. The number of fused-ring (bicyclic) bond motifs is 1. The standard InChI is InChI=1S/C21H19FO4/c1-21(2,3)19(23)12-25-16-9-6-14-10-17(20(24)26-18(14)11-16)13-4-7-15(22)8-5-13/h4-11H,12H2,1-3H3. The Labute approximate surface area is 150 Å². The molecule has 1 heterocycles. The molecule has 0 saturated heterocycles. The monoisotopic (exact) mass is 354 g/mol. The van der Waals surface area contributed by atoms with E-state index in [-0.39, 0.29) is 18.2 Å². The van der Waals surface area contributed by atoms with Gasteiger partial charge in [-0.15, -0.1) is 0 Å². The average molecular weight is 354 g/mol. The Morgan fingerprint density at radius 2 is 1.77 bits per heavy atom. The number of hydrogen-bond donors (Lipinski definition) is 0. The highest BCUT2D eigenvalue weighted by Gasteiger charge is 2.21. The van der Waals surface area contributed by atoms with E-state index in [4.69, 9.17) is 9.15 Å². The first-order chi connectivity index (χ1) is 12.2. The van der Waals surface area contributed by atoms with Crippen molar-refractivity contribution in [3.05, 3.63) is 64.8 Å². The molecule has 3 aromatic rings. The first-order valence-electron chi connectivity index (χ1n) is 8.24. The summed E-state index contributed by atoms with van der Waals surface area (Å²) in [6.07, 6.45) is 0. The number of hydrogen-bond acceptors (Lipinski definition) is 4. The van der Waals surface area contributed by atoms with Crippen molar-refractivity contribution in [1.29, 1.82) is 0 Å². The highest BCUT2D eigenvalue weighted by atomic mass is 19.1. The minimum atomic E-state index is -0.521. The number of Topliss-reactive ketones (excluding diaryl/α,β-unsaturated/α-hetero) is 1.